The third kappa shape index (κ3) is 4.57. The molecule has 5 aliphatic carbocycles. The smallest absolute Gasteiger partial charge is 0.220 e. The van der Waals surface area contributed by atoms with Crippen LogP contribution in [-0.2, 0) is 28.7 Å². The van der Waals surface area contributed by atoms with Gasteiger partial charge in [0.15, 0.2) is 23.1 Å². The molecule has 1 N–H and O–H groups in total. The summed E-state index contributed by atoms with van der Waals surface area (Å²) in [4.78, 5) is 50.8. The Morgan fingerprint density at radius 3 is 2.29 bits per heavy atom. The summed E-state index contributed by atoms with van der Waals surface area (Å²) >= 11 is 0. The van der Waals surface area contributed by atoms with Crippen molar-refractivity contribution in [3.05, 3.63) is 114 Å². The first-order valence-electron chi connectivity index (χ1n) is 17.8. The summed E-state index contributed by atoms with van der Waals surface area (Å²) in [5, 5.41) is 11.4. The average Bonchev–Trinajstić information content (AvgIpc) is 3.47. The van der Waals surface area contributed by atoms with Crippen molar-refractivity contribution >= 4 is 23.1 Å². The summed E-state index contributed by atoms with van der Waals surface area (Å²) < 4.78 is 21.9. The van der Waals surface area contributed by atoms with Gasteiger partial charge in [0, 0.05) is 28.4 Å². The van der Waals surface area contributed by atoms with E-state index in [9.17, 15) is 24.3 Å². The number of epoxide rings is 1. The van der Waals surface area contributed by atoms with Crippen LogP contribution in [0.1, 0.15) is 76.8 Å². The van der Waals surface area contributed by atoms with Gasteiger partial charge in [-0.25, -0.2) is 0 Å². The van der Waals surface area contributed by atoms with Gasteiger partial charge in [0.2, 0.25) is 11.6 Å². The van der Waals surface area contributed by atoms with Crippen molar-refractivity contribution in [3.8, 4) is 5.75 Å². The topological polar surface area (TPSA) is 133 Å². The molecule has 0 radical (unpaired) electrons. The number of rotatable bonds is 6. The molecule has 2 aromatic rings. The molecule has 9 heteroatoms. The van der Waals surface area contributed by atoms with Gasteiger partial charge in [-0.1, -0.05) is 38.1 Å². The number of aliphatic hydroxyl groups excluding tert-OH is 1. The molecule has 8 atom stereocenters. The van der Waals surface area contributed by atoms with Crippen LogP contribution in [0.2, 0.25) is 0 Å². The van der Waals surface area contributed by atoms with E-state index in [1.807, 2.05) is 51.3 Å². The van der Waals surface area contributed by atoms with Gasteiger partial charge in [0.1, 0.15) is 11.4 Å². The maximum Gasteiger partial charge on any atom is 0.220 e. The van der Waals surface area contributed by atoms with Gasteiger partial charge >= 0.3 is 0 Å². The van der Waals surface area contributed by atoms with Gasteiger partial charge in [-0.3, -0.25) is 19.2 Å². The lowest BCUT2D eigenvalue weighted by molar-refractivity contribution is -0.162. The molecule has 8 unspecified atom stereocenters. The van der Waals surface area contributed by atoms with Crippen LogP contribution in [-0.4, -0.2) is 54.2 Å². The van der Waals surface area contributed by atoms with E-state index in [1.165, 1.54) is 24.8 Å². The van der Waals surface area contributed by atoms with E-state index in [4.69, 9.17) is 18.6 Å². The predicted molar refractivity (Wildman–Crippen MR) is 192 cm³/mol. The highest BCUT2D eigenvalue weighted by molar-refractivity contribution is 6.19. The Kier molecular flexibility index (Phi) is 8.14. The minimum Gasteiger partial charge on any atom is -0.504 e. The fourth-order valence-electron chi connectivity index (χ4n) is 11.0. The third-order valence-electron chi connectivity index (χ3n) is 13.5. The van der Waals surface area contributed by atoms with Crippen LogP contribution in [0.15, 0.2) is 107 Å². The molecule has 1 saturated heterocycles. The molecule has 8 rings (SSSR count). The summed E-state index contributed by atoms with van der Waals surface area (Å²) in [7, 11) is 2.95. The van der Waals surface area contributed by atoms with Crippen molar-refractivity contribution in [2.75, 3.05) is 14.2 Å². The molecule has 1 aromatic carbocycles. The van der Waals surface area contributed by atoms with Crippen LogP contribution in [0.25, 0.3) is 0 Å². The minimum atomic E-state index is -0.901. The van der Waals surface area contributed by atoms with E-state index in [1.54, 1.807) is 37.7 Å². The minimum absolute atomic E-state index is 0.00527. The highest BCUT2D eigenvalue weighted by Gasteiger charge is 2.87. The number of furan rings is 1. The van der Waals surface area contributed by atoms with Crippen LogP contribution in [0, 0.1) is 27.6 Å². The molecular weight excluding hydrogens is 660 g/mol. The molecule has 3 fully saturated rings. The maximum absolute atomic E-state index is 14.0. The lowest BCUT2D eigenvalue weighted by atomic mass is 9.39. The van der Waals surface area contributed by atoms with Gasteiger partial charge in [-0.05, 0) is 98.9 Å². The van der Waals surface area contributed by atoms with Crippen molar-refractivity contribution in [2.24, 2.45) is 27.6 Å². The van der Waals surface area contributed by atoms with Gasteiger partial charge < -0.3 is 23.7 Å². The molecule has 1 aliphatic heterocycles. The molecule has 2 saturated carbocycles. The van der Waals surface area contributed by atoms with Gasteiger partial charge in [-0.2, -0.15) is 0 Å². The summed E-state index contributed by atoms with van der Waals surface area (Å²) in [5.74, 6) is -0.431. The summed E-state index contributed by atoms with van der Waals surface area (Å²) in [5.41, 5.74) is -0.142. The number of Topliss-reactive ketones (excluding diaryl/α,β-unsaturated/α-hetero) is 1. The molecule has 0 bridgehead atoms. The van der Waals surface area contributed by atoms with E-state index in [0.717, 1.165) is 30.6 Å². The van der Waals surface area contributed by atoms with E-state index < -0.39 is 21.8 Å². The number of carbonyl (C=O) groups excluding carboxylic acids is 4. The number of ketones is 4. The first-order chi connectivity index (χ1) is 24.6. The van der Waals surface area contributed by atoms with E-state index in [2.05, 4.69) is 20.4 Å². The second-order valence-electron chi connectivity index (χ2n) is 16.1. The average molecular weight is 707 g/mol. The number of hydrogen-bond donors (Lipinski definition) is 1. The third-order valence-corrected chi connectivity index (χ3v) is 13.5. The zero-order chi connectivity index (χ0) is 37.6. The van der Waals surface area contributed by atoms with Crippen LogP contribution in [0.4, 0.5) is 0 Å². The lowest BCUT2D eigenvalue weighted by Crippen LogP contribution is -2.66. The Morgan fingerprint density at radius 1 is 0.962 bits per heavy atom. The predicted octanol–water partition coefficient (Wildman–Crippen LogP) is 7.47. The molecule has 52 heavy (non-hydrogen) atoms. The Morgan fingerprint density at radius 2 is 1.67 bits per heavy atom. The number of ether oxygens (including phenoxy) is 3. The second kappa shape index (κ2) is 11.9. The molecular formula is C43H46O9. The van der Waals surface area contributed by atoms with Crippen molar-refractivity contribution < 1.29 is 42.9 Å². The molecule has 1 spiro atoms. The fourth-order valence-corrected chi connectivity index (χ4v) is 11.0. The van der Waals surface area contributed by atoms with Crippen molar-refractivity contribution in [2.45, 2.75) is 77.4 Å². The molecule has 0 amide bonds. The maximum atomic E-state index is 14.0. The zero-order valence-corrected chi connectivity index (χ0v) is 30.8. The zero-order valence-electron chi connectivity index (χ0n) is 30.8. The van der Waals surface area contributed by atoms with Gasteiger partial charge in [-0.15, -0.1) is 6.58 Å². The van der Waals surface area contributed by atoms with Crippen LogP contribution in [0.5, 0.6) is 5.75 Å². The Bertz CT molecular complexity index is 2010. The van der Waals surface area contributed by atoms with Crippen molar-refractivity contribution in [1.82, 2.24) is 0 Å². The van der Waals surface area contributed by atoms with Gasteiger partial charge in [0.05, 0.1) is 43.7 Å². The SMILES string of the molecule is C=CC(C1=CC(=O)C(OC)=CC1=O)c1ccc(OC)cc1.CC1(C)C(=O)C=CC2(C)C1=C(O)C(=O)C1(C)C2CCC2(C)C(c3ccoc3)CC3OC321. The molecule has 6 aliphatic rings. The monoisotopic (exact) mass is 706 g/mol. The number of aliphatic hydroxyl groups is 1. The van der Waals surface area contributed by atoms with Crippen molar-refractivity contribution in [3.63, 3.8) is 0 Å². The Hall–Kier alpha value is -4.76. The van der Waals surface area contributed by atoms with Crippen LogP contribution < -0.4 is 4.74 Å². The number of carbonyl (C=O) groups is 4. The lowest BCUT2D eigenvalue weighted by Gasteiger charge is -2.62. The number of hydrogen-bond acceptors (Lipinski definition) is 9. The standard InChI is InChI=1S/C26H30O5.C17H16O4/c1-22(2)17(27)7-9-23(3)16-6-10-24(4)15(14-8-11-30-13-14)12-18-26(24,31-18)25(16,5)21(29)19(28)20(22)23;1-4-13(11-5-7-12(20-2)8-6-11)14-9-16(19)17(21-3)10-15(14)18/h7-9,11,13,15-16,18,28H,6,10,12H2,1-5H3;4-10,13H,1H2,2-3H3. The molecule has 1 aromatic heterocycles. The van der Waals surface area contributed by atoms with Crippen molar-refractivity contribution in [1.29, 1.82) is 0 Å². The highest BCUT2D eigenvalue weighted by Crippen LogP contribution is 2.81. The first-order valence-corrected chi connectivity index (χ1v) is 17.8. The van der Waals surface area contributed by atoms with Gasteiger partial charge in [0.25, 0.3) is 0 Å². The summed E-state index contributed by atoms with van der Waals surface area (Å²) in [6.45, 7) is 13.8. The number of benzene rings is 1. The number of methoxy groups -OCH3 is 2. The normalized spacial score (nSPS) is 35.9. The highest BCUT2D eigenvalue weighted by atomic mass is 16.6. The Balaban J connectivity index is 0.000000176. The van der Waals surface area contributed by atoms with E-state index in [-0.39, 0.29) is 63.9 Å². The molecule has 2 heterocycles. The van der Waals surface area contributed by atoms with Crippen LogP contribution in [0.3, 0.4) is 0 Å². The molecule has 272 valence electrons. The second-order valence-corrected chi connectivity index (χ2v) is 16.1. The number of fused-ring (bicyclic) bond motifs is 3. The first kappa shape index (κ1) is 35.6. The van der Waals surface area contributed by atoms with E-state index in [0.29, 0.717) is 11.1 Å². The fraction of sp³-hybridized carbons (Fsp3) is 0.442. The Labute approximate surface area is 304 Å². The summed E-state index contributed by atoms with van der Waals surface area (Å²) in [6.07, 6.45) is 13.9. The summed E-state index contributed by atoms with van der Waals surface area (Å²) in [6, 6.07) is 9.33. The largest absolute Gasteiger partial charge is 0.504 e. The quantitative estimate of drug-likeness (QED) is 0.185. The van der Waals surface area contributed by atoms with E-state index >= 15 is 0 Å². The number of allylic oxidation sites excluding steroid dienone is 8. The molecule has 9 nitrogen and oxygen atoms in total. The van der Waals surface area contributed by atoms with Crippen LogP contribution >= 0.6 is 0 Å².